The van der Waals surface area contributed by atoms with Crippen molar-refractivity contribution in [2.24, 2.45) is 0 Å². The van der Waals surface area contributed by atoms with Crippen LogP contribution in [0.15, 0.2) is 12.7 Å². The van der Waals surface area contributed by atoms with Crippen LogP contribution in [0.4, 0.5) is 13.2 Å². The van der Waals surface area contributed by atoms with Gasteiger partial charge in [-0.25, -0.2) is 0 Å². The quantitative estimate of drug-likeness (QED) is 0.439. The van der Waals surface area contributed by atoms with Gasteiger partial charge in [0.1, 0.15) is 4.83 Å². The Kier molecular flexibility index (Phi) is 2.53. The molecule has 48 valence electrons. The van der Waals surface area contributed by atoms with Crippen LogP contribution < -0.4 is 0 Å². The van der Waals surface area contributed by atoms with Gasteiger partial charge in [0.15, 0.2) is 0 Å². The van der Waals surface area contributed by atoms with Gasteiger partial charge in [0, 0.05) is 0 Å². The lowest BCUT2D eigenvalue weighted by Gasteiger charge is -2.07. The molecule has 0 fully saturated rings. The average Bonchev–Trinajstić information content (AvgIpc) is 1.62. The maximum atomic E-state index is 11.3. The molecule has 0 aliphatic carbocycles. The van der Waals surface area contributed by atoms with E-state index >= 15 is 0 Å². The Bertz CT molecular complexity index is 85.8. The molecule has 0 saturated heterocycles. The molecule has 0 bridgehead atoms. The van der Waals surface area contributed by atoms with Crippen molar-refractivity contribution < 1.29 is 13.2 Å². The minimum atomic E-state index is -4.19. The lowest BCUT2D eigenvalue weighted by atomic mass is 10.4. The second-order valence-corrected chi connectivity index (χ2v) is 2.17. The average molecular weight is 189 g/mol. The molecule has 0 rings (SSSR count). The van der Waals surface area contributed by atoms with E-state index in [1.165, 1.54) is 0 Å². The molecule has 0 aromatic heterocycles. The number of rotatable bonds is 1. The Balaban J connectivity index is 3.80. The summed E-state index contributed by atoms with van der Waals surface area (Å²) in [6.07, 6.45) is -3.40. The van der Waals surface area contributed by atoms with Crippen molar-refractivity contribution in [1.29, 1.82) is 0 Å². The third-order valence-electron chi connectivity index (χ3n) is 0.520. The fourth-order valence-corrected chi connectivity index (χ4v) is 0.134. The summed E-state index contributed by atoms with van der Waals surface area (Å²) in [6.45, 7) is 2.96. The molecule has 0 nitrogen and oxygen atoms in total. The molecule has 0 aromatic rings. The van der Waals surface area contributed by atoms with E-state index in [1.807, 2.05) is 0 Å². The van der Waals surface area contributed by atoms with Crippen LogP contribution in [0.3, 0.4) is 0 Å². The molecule has 0 amide bonds. The molecule has 0 aliphatic heterocycles. The number of allylic oxidation sites excluding steroid dienone is 1. The molecule has 1 unspecified atom stereocenters. The summed E-state index contributed by atoms with van der Waals surface area (Å²) in [5.41, 5.74) is 0. The van der Waals surface area contributed by atoms with E-state index in [0.717, 1.165) is 6.08 Å². The largest absolute Gasteiger partial charge is 0.404 e. The molecule has 8 heavy (non-hydrogen) atoms. The van der Waals surface area contributed by atoms with Crippen LogP contribution in [-0.4, -0.2) is 11.0 Å². The summed E-state index contributed by atoms with van der Waals surface area (Å²) in [4.78, 5) is -1.57. The van der Waals surface area contributed by atoms with Crippen molar-refractivity contribution in [3.05, 3.63) is 12.7 Å². The lowest BCUT2D eigenvalue weighted by molar-refractivity contribution is -0.118. The third kappa shape index (κ3) is 2.35. The highest BCUT2D eigenvalue weighted by Crippen LogP contribution is 2.26. The second kappa shape index (κ2) is 2.53. The molecule has 0 heterocycles. The van der Waals surface area contributed by atoms with E-state index in [0.29, 0.717) is 0 Å². The molecular weight excluding hydrogens is 185 g/mol. The highest BCUT2D eigenvalue weighted by atomic mass is 79.9. The highest BCUT2D eigenvalue weighted by molar-refractivity contribution is 9.09. The van der Waals surface area contributed by atoms with E-state index in [1.54, 1.807) is 0 Å². The van der Waals surface area contributed by atoms with Gasteiger partial charge in [-0.05, 0) is 0 Å². The number of hydrogen-bond acceptors (Lipinski definition) is 0. The SMILES string of the molecule is C=CC(Br)C(F)(F)F. The fourth-order valence-electron chi connectivity index (χ4n) is 0.134. The zero-order chi connectivity index (χ0) is 6.78. The summed E-state index contributed by atoms with van der Waals surface area (Å²) in [5.74, 6) is 0. The monoisotopic (exact) mass is 188 g/mol. The van der Waals surface area contributed by atoms with E-state index in [-0.39, 0.29) is 0 Å². The first-order chi connectivity index (χ1) is 3.48. The van der Waals surface area contributed by atoms with Crippen LogP contribution in [0.1, 0.15) is 0 Å². The Morgan fingerprint density at radius 3 is 1.88 bits per heavy atom. The van der Waals surface area contributed by atoms with Crippen LogP contribution in [0.25, 0.3) is 0 Å². The van der Waals surface area contributed by atoms with Crippen LogP contribution >= 0.6 is 15.9 Å². The van der Waals surface area contributed by atoms with Gasteiger partial charge in [-0.1, -0.05) is 22.0 Å². The molecule has 4 heteroatoms. The van der Waals surface area contributed by atoms with Gasteiger partial charge in [-0.15, -0.1) is 6.58 Å². The summed E-state index contributed by atoms with van der Waals surface area (Å²) in [7, 11) is 0. The van der Waals surface area contributed by atoms with Gasteiger partial charge in [0.2, 0.25) is 0 Å². The van der Waals surface area contributed by atoms with Gasteiger partial charge in [0.05, 0.1) is 0 Å². The summed E-state index contributed by atoms with van der Waals surface area (Å²) < 4.78 is 34.0. The molecule has 0 radical (unpaired) electrons. The van der Waals surface area contributed by atoms with Gasteiger partial charge in [-0.2, -0.15) is 13.2 Å². The van der Waals surface area contributed by atoms with Crippen molar-refractivity contribution in [2.45, 2.75) is 11.0 Å². The van der Waals surface area contributed by atoms with E-state index in [9.17, 15) is 13.2 Å². The van der Waals surface area contributed by atoms with Crippen LogP contribution in [0.2, 0.25) is 0 Å². The fraction of sp³-hybridized carbons (Fsp3) is 0.500. The Hall–Kier alpha value is 0.01000. The number of halogens is 4. The predicted molar refractivity (Wildman–Crippen MR) is 29.0 cm³/mol. The van der Waals surface area contributed by atoms with Crippen LogP contribution in [0, 0.1) is 0 Å². The lowest BCUT2D eigenvalue weighted by Crippen LogP contribution is -2.19. The zero-order valence-electron chi connectivity index (χ0n) is 3.87. The Morgan fingerprint density at radius 2 is 1.88 bits per heavy atom. The van der Waals surface area contributed by atoms with Crippen LogP contribution in [0.5, 0.6) is 0 Å². The first-order valence-electron chi connectivity index (χ1n) is 1.82. The number of hydrogen-bond donors (Lipinski definition) is 0. The second-order valence-electron chi connectivity index (χ2n) is 1.18. The molecule has 0 spiro atoms. The summed E-state index contributed by atoms with van der Waals surface area (Å²) >= 11 is 2.35. The first-order valence-corrected chi connectivity index (χ1v) is 2.73. The summed E-state index contributed by atoms with van der Waals surface area (Å²) in [5, 5.41) is 0. The van der Waals surface area contributed by atoms with E-state index in [2.05, 4.69) is 22.5 Å². The van der Waals surface area contributed by atoms with Crippen LogP contribution in [-0.2, 0) is 0 Å². The predicted octanol–water partition coefficient (Wildman–Crippen LogP) is 2.50. The van der Waals surface area contributed by atoms with Gasteiger partial charge >= 0.3 is 6.18 Å². The summed E-state index contributed by atoms with van der Waals surface area (Å²) in [6, 6.07) is 0. The maximum Gasteiger partial charge on any atom is 0.404 e. The zero-order valence-corrected chi connectivity index (χ0v) is 5.46. The Morgan fingerprint density at radius 1 is 1.50 bits per heavy atom. The van der Waals surface area contributed by atoms with Crippen molar-refractivity contribution >= 4 is 15.9 Å². The first kappa shape index (κ1) is 8.01. The van der Waals surface area contributed by atoms with Gasteiger partial charge < -0.3 is 0 Å². The molecule has 0 aromatic carbocycles. The third-order valence-corrected chi connectivity index (χ3v) is 1.41. The molecular formula is C4H4BrF3. The van der Waals surface area contributed by atoms with Crippen molar-refractivity contribution in [2.75, 3.05) is 0 Å². The molecule has 0 saturated carbocycles. The normalized spacial score (nSPS) is 15.5. The van der Waals surface area contributed by atoms with E-state index in [4.69, 9.17) is 0 Å². The Labute approximate surface area is 53.5 Å². The van der Waals surface area contributed by atoms with Gasteiger partial charge in [-0.3, -0.25) is 0 Å². The van der Waals surface area contributed by atoms with E-state index < -0.39 is 11.0 Å². The smallest absolute Gasteiger partial charge is 0.169 e. The topological polar surface area (TPSA) is 0 Å². The standard InChI is InChI=1S/C4H4BrF3/c1-2-3(5)4(6,7)8/h2-3H,1H2. The van der Waals surface area contributed by atoms with Crippen molar-refractivity contribution in [3.8, 4) is 0 Å². The molecule has 0 aliphatic rings. The minimum absolute atomic E-state index is 0.792. The highest BCUT2D eigenvalue weighted by Gasteiger charge is 2.34. The van der Waals surface area contributed by atoms with Crippen molar-refractivity contribution in [3.63, 3.8) is 0 Å². The van der Waals surface area contributed by atoms with Gasteiger partial charge in [0.25, 0.3) is 0 Å². The number of alkyl halides is 4. The molecule has 1 atom stereocenters. The minimum Gasteiger partial charge on any atom is -0.169 e. The molecule has 0 N–H and O–H groups in total. The maximum absolute atomic E-state index is 11.3. The van der Waals surface area contributed by atoms with Crippen molar-refractivity contribution in [1.82, 2.24) is 0 Å².